The van der Waals surface area contributed by atoms with E-state index in [0.717, 1.165) is 206 Å². The van der Waals surface area contributed by atoms with Gasteiger partial charge in [0.1, 0.15) is 85.9 Å². The third-order valence-corrected chi connectivity index (χ3v) is 22.2. The summed E-state index contributed by atoms with van der Waals surface area (Å²) in [5, 5.41) is 32.3. The van der Waals surface area contributed by atoms with Gasteiger partial charge in [-0.2, -0.15) is 0 Å². The van der Waals surface area contributed by atoms with Crippen LogP contribution in [-0.2, 0) is 26.2 Å². The van der Waals surface area contributed by atoms with E-state index in [-0.39, 0.29) is 0 Å². The Morgan fingerprint density at radius 1 is 0.266 bits per heavy atom. The van der Waals surface area contributed by atoms with E-state index in [4.69, 9.17) is 49.6 Å². The molecule has 0 spiro atoms. The first-order chi connectivity index (χ1) is 60.8. The molecule has 21 rings (SSSR count). The van der Waals surface area contributed by atoms with Gasteiger partial charge in [0.15, 0.2) is 5.58 Å². The van der Waals surface area contributed by atoms with Gasteiger partial charge >= 0.3 is 0 Å². The Hall–Kier alpha value is -15.7. The zero-order chi connectivity index (χ0) is 84.6. The standard InChI is InChI=1S/C28H22N4O.C25H21ClN4O.2C25H22N4O/c1-19-24-17-23(14-15-25(24)33-31-19)21-10-12-22(13-11-21)27-28(29-18-20-7-3-2-4-8-20)32-16-6-5-9-26(32)30-27;1-16-23(17(2)31-29-16)19-8-10-20(11-9-19)24-25(27-14-18-6-4-3-5-7-18)30-15-21(26)12-13-22(30)28-24;2*1-17-23(18(2)30-28-17)20-11-13-21(14-12-20)24-25(26-16-19-8-4-3-5-9-19)29-15-7-6-10-22(29)27-24/h2-17,29H,18H2,1H3;3-13,15,27H,14H2,1-2H3;2*3-15,26H,16H2,1-2H3. The average Bonchev–Trinajstić information content (AvgIpc) is 1.64. The number of nitrogens with one attached hydrogen (secondary N) is 4. The van der Waals surface area contributed by atoms with Crippen LogP contribution in [0.4, 0.5) is 23.3 Å². The highest BCUT2D eigenvalue weighted by Gasteiger charge is 2.23. The lowest BCUT2D eigenvalue weighted by Crippen LogP contribution is -2.03. The quantitative estimate of drug-likeness (QED) is 0.0557. The number of aryl methyl sites for hydroxylation is 7. The van der Waals surface area contributed by atoms with Crippen molar-refractivity contribution in [2.75, 3.05) is 21.3 Å². The van der Waals surface area contributed by atoms with Gasteiger partial charge < -0.3 is 39.4 Å². The summed E-state index contributed by atoms with van der Waals surface area (Å²) in [6.07, 6.45) is 8.01. The summed E-state index contributed by atoms with van der Waals surface area (Å²) < 4.78 is 29.6. The second-order valence-electron chi connectivity index (χ2n) is 30.3. The van der Waals surface area contributed by atoms with Crippen molar-refractivity contribution in [2.45, 2.75) is 74.6 Å². The number of hydrogen-bond acceptors (Lipinski definition) is 16. The van der Waals surface area contributed by atoms with Gasteiger partial charge in [-0.3, -0.25) is 17.6 Å². The lowest BCUT2D eigenvalue weighted by Gasteiger charge is -2.10. The molecule has 0 aliphatic rings. The Labute approximate surface area is 721 Å². The Bertz CT molecular complexity index is 6990. The van der Waals surface area contributed by atoms with Crippen LogP contribution in [-0.4, -0.2) is 58.2 Å². The van der Waals surface area contributed by atoms with Crippen LogP contribution in [0.25, 0.3) is 123 Å². The molecule has 0 aliphatic carbocycles. The van der Waals surface area contributed by atoms with Crippen LogP contribution in [0, 0.1) is 48.5 Å². The first-order valence-corrected chi connectivity index (χ1v) is 41.4. The highest BCUT2D eigenvalue weighted by molar-refractivity contribution is 6.30. The second kappa shape index (κ2) is 35.7. The lowest BCUT2D eigenvalue weighted by atomic mass is 10.0. The number of hydrogen-bond donors (Lipinski definition) is 4. The summed E-state index contributed by atoms with van der Waals surface area (Å²) in [6, 6.07) is 103. The molecule has 0 saturated carbocycles. The molecule has 0 unspecified atom stereocenters. The largest absolute Gasteiger partial charge is 0.365 e. The van der Waals surface area contributed by atoms with Gasteiger partial charge in [0, 0.05) is 95.3 Å². The maximum Gasteiger partial charge on any atom is 0.167 e. The zero-order valence-corrected chi connectivity index (χ0v) is 70.1. The van der Waals surface area contributed by atoms with Gasteiger partial charge in [0.25, 0.3) is 0 Å². The first-order valence-electron chi connectivity index (χ1n) is 41.1. The summed E-state index contributed by atoms with van der Waals surface area (Å²) >= 11 is 6.28. The number of rotatable bonds is 20. The highest BCUT2D eigenvalue weighted by Crippen LogP contribution is 2.39. The fraction of sp³-hybridized carbons (Fsp3) is 0.107. The Morgan fingerprint density at radius 2 is 0.548 bits per heavy atom. The molecule has 610 valence electrons. The van der Waals surface area contributed by atoms with Gasteiger partial charge in [-0.25, -0.2) is 19.9 Å². The summed E-state index contributed by atoms with van der Waals surface area (Å²) in [5.74, 6) is 6.35. The Balaban J connectivity index is 0.000000113. The molecule has 12 heterocycles. The molecule has 0 bridgehead atoms. The molecule has 12 aromatic heterocycles. The van der Waals surface area contributed by atoms with E-state index in [0.29, 0.717) is 11.6 Å². The molecule has 0 fully saturated rings. The van der Waals surface area contributed by atoms with Crippen LogP contribution in [0.3, 0.4) is 0 Å². The van der Waals surface area contributed by atoms with Gasteiger partial charge in [-0.05, 0) is 159 Å². The van der Waals surface area contributed by atoms with Crippen molar-refractivity contribution in [3.05, 3.63) is 395 Å². The maximum absolute atomic E-state index is 6.28. The number of halogens is 1. The van der Waals surface area contributed by atoms with Gasteiger partial charge in [-0.15, -0.1) is 0 Å². The molecule has 0 amide bonds. The highest BCUT2D eigenvalue weighted by atomic mass is 35.5. The van der Waals surface area contributed by atoms with E-state index in [1.54, 1.807) is 0 Å². The minimum Gasteiger partial charge on any atom is -0.365 e. The fourth-order valence-corrected chi connectivity index (χ4v) is 15.9. The molecule has 9 aromatic carbocycles. The predicted octanol–water partition coefficient (Wildman–Crippen LogP) is 25.0. The van der Waals surface area contributed by atoms with Gasteiger partial charge in [-0.1, -0.05) is 275 Å². The molecule has 21 aromatic rings. The monoisotopic (exact) mass is 1650 g/mol. The topological polar surface area (TPSA) is 221 Å². The molecule has 20 nitrogen and oxygen atoms in total. The van der Waals surface area contributed by atoms with E-state index in [1.165, 1.54) is 22.3 Å². The molecule has 21 heteroatoms. The number of benzene rings is 9. The van der Waals surface area contributed by atoms with Gasteiger partial charge in [0.05, 0.1) is 27.8 Å². The van der Waals surface area contributed by atoms with Crippen molar-refractivity contribution in [3.63, 3.8) is 0 Å². The van der Waals surface area contributed by atoms with Crippen LogP contribution < -0.4 is 21.3 Å². The fourth-order valence-electron chi connectivity index (χ4n) is 15.7. The predicted molar refractivity (Wildman–Crippen MR) is 495 cm³/mol. The first kappa shape index (κ1) is 79.4. The van der Waals surface area contributed by atoms with Gasteiger partial charge in [0.2, 0.25) is 0 Å². The minimum atomic E-state index is 0.660. The van der Waals surface area contributed by atoms with E-state index in [2.05, 4.69) is 249 Å². The van der Waals surface area contributed by atoms with Crippen molar-refractivity contribution in [1.82, 2.24) is 58.2 Å². The minimum absolute atomic E-state index is 0.660. The van der Waals surface area contributed by atoms with E-state index < -0.39 is 0 Å². The zero-order valence-electron chi connectivity index (χ0n) is 69.4. The lowest BCUT2D eigenvalue weighted by molar-refractivity contribution is 0.393. The molecule has 4 N–H and O–H groups in total. The van der Waals surface area contributed by atoms with E-state index in [9.17, 15) is 0 Å². The van der Waals surface area contributed by atoms with Crippen LogP contribution >= 0.6 is 11.6 Å². The van der Waals surface area contributed by atoms with Crippen molar-refractivity contribution < 1.29 is 18.1 Å². The Kier molecular flexibility index (Phi) is 22.9. The number of nitrogens with zero attached hydrogens (tertiary/aromatic N) is 12. The number of aromatic nitrogens is 12. The normalized spacial score (nSPS) is 11.2. The average molecular weight is 1650 g/mol. The molecule has 0 radical (unpaired) electrons. The summed E-state index contributed by atoms with van der Waals surface area (Å²) in [7, 11) is 0. The molecule has 0 atom stereocenters. The van der Waals surface area contributed by atoms with Crippen LogP contribution in [0.15, 0.2) is 346 Å². The number of imidazole rings is 4. The van der Waals surface area contributed by atoms with Crippen LogP contribution in [0.5, 0.6) is 0 Å². The number of fused-ring (bicyclic) bond motifs is 5. The van der Waals surface area contributed by atoms with Crippen molar-refractivity contribution in [3.8, 4) is 89.5 Å². The smallest absolute Gasteiger partial charge is 0.167 e. The molecular formula is C103H87ClN16O4. The number of anilines is 4. The van der Waals surface area contributed by atoms with Crippen molar-refractivity contribution in [2.24, 2.45) is 0 Å². The van der Waals surface area contributed by atoms with Crippen LogP contribution in [0.2, 0.25) is 5.02 Å². The second-order valence-corrected chi connectivity index (χ2v) is 30.8. The Morgan fingerprint density at radius 3 is 0.871 bits per heavy atom. The molecule has 0 aliphatic heterocycles. The summed E-state index contributed by atoms with van der Waals surface area (Å²) in [4.78, 5) is 19.6. The third kappa shape index (κ3) is 17.0. The van der Waals surface area contributed by atoms with Crippen LogP contribution in [0.1, 0.15) is 62.3 Å². The maximum atomic E-state index is 6.28. The SMILES string of the molecule is Cc1noc(C)c1-c1ccc(-c2nc3ccc(Cl)cn3c2NCc2ccccc2)cc1.Cc1noc(C)c1-c1ccc(-c2nc3ccccn3c2NCc2ccccc2)cc1.Cc1noc(C)c1-c1ccc(-c2nc3ccccn3c2NCc2ccccc2)cc1.Cc1noc2ccc(-c3ccc(-c4nc5ccccn5c4NCc4ccccc4)cc3)cc12. The van der Waals surface area contributed by atoms with E-state index in [1.807, 2.05) is 187 Å². The molecule has 0 saturated heterocycles. The molecule has 124 heavy (non-hydrogen) atoms. The van der Waals surface area contributed by atoms with Crippen molar-refractivity contribution >= 4 is 68.4 Å². The summed E-state index contributed by atoms with van der Waals surface area (Å²) in [6.45, 7) is 16.5. The number of pyridine rings is 4. The summed E-state index contributed by atoms with van der Waals surface area (Å²) in [5.41, 5.74) is 29.4. The third-order valence-electron chi connectivity index (χ3n) is 22.0. The van der Waals surface area contributed by atoms with E-state index >= 15 is 0 Å². The molecular weight excluding hydrogens is 1560 g/mol. The van der Waals surface area contributed by atoms with Crippen molar-refractivity contribution in [1.29, 1.82) is 0 Å².